The molecular formula is C8H9N3O3. The first-order valence-corrected chi connectivity index (χ1v) is 4.29. The molecule has 0 radical (unpaired) electrons. The molecule has 0 spiro atoms. The van der Waals surface area contributed by atoms with E-state index in [-0.39, 0.29) is 11.7 Å². The van der Waals surface area contributed by atoms with Crippen LogP contribution in [0.2, 0.25) is 0 Å². The molecule has 1 aliphatic carbocycles. The van der Waals surface area contributed by atoms with Crippen LogP contribution in [0.5, 0.6) is 0 Å². The molecule has 1 fully saturated rings. The van der Waals surface area contributed by atoms with Crippen molar-refractivity contribution >= 4 is 5.91 Å². The van der Waals surface area contributed by atoms with Gasteiger partial charge in [-0.3, -0.25) is 14.6 Å². The molecule has 0 aliphatic heterocycles. The van der Waals surface area contributed by atoms with Crippen molar-refractivity contribution in [3.8, 4) is 0 Å². The third-order valence-corrected chi connectivity index (χ3v) is 1.92. The molecule has 1 aromatic heterocycles. The minimum atomic E-state index is -0.668. The van der Waals surface area contributed by atoms with Gasteiger partial charge in [0.15, 0.2) is 0 Å². The summed E-state index contributed by atoms with van der Waals surface area (Å²) in [5.41, 5.74) is -1.24. The molecule has 74 valence electrons. The van der Waals surface area contributed by atoms with E-state index in [0.29, 0.717) is 0 Å². The summed E-state index contributed by atoms with van der Waals surface area (Å²) in [7, 11) is 0. The lowest BCUT2D eigenvalue weighted by Crippen LogP contribution is -2.31. The van der Waals surface area contributed by atoms with Crippen LogP contribution in [0, 0.1) is 0 Å². The second-order valence-electron chi connectivity index (χ2n) is 3.25. The van der Waals surface area contributed by atoms with Gasteiger partial charge in [-0.25, -0.2) is 4.79 Å². The van der Waals surface area contributed by atoms with Gasteiger partial charge in [0, 0.05) is 12.1 Å². The van der Waals surface area contributed by atoms with E-state index < -0.39 is 17.2 Å². The van der Waals surface area contributed by atoms with Crippen molar-refractivity contribution in [2.45, 2.75) is 18.9 Å². The number of rotatable bonds is 2. The molecule has 1 saturated carbocycles. The minimum absolute atomic E-state index is 0.00523. The van der Waals surface area contributed by atoms with Crippen LogP contribution < -0.4 is 16.6 Å². The van der Waals surface area contributed by atoms with Gasteiger partial charge in [0.1, 0.15) is 5.69 Å². The largest absolute Gasteiger partial charge is 0.348 e. The number of aromatic nitrogens is 2. The summed E-state index contributed by atoms with van der Waals surface area (Å²) in [6, 6.07) is 1.27. The smallest absolute Gasteiger partial charge is 0.326 e. The predicted molar refractivity (Wildman–Crippen MR) is 48.2 cm³/mol. The minimum Gasteiger partial charge on any atom is -0.348 e. The Kier molecular flexibility index (Phi) is 1.95. The molecule has 6 nitrogen and oxygen atoms in total. The Balaban J connectivity index is 2.25. The Hall–Kier alpha value is -1.85. The highest BCUT2D eigenvalue weighted by Gasteiger charge is 2.24. The Morgan fingerprint density at radius 1 is 1.36 bits per heavy atom. The molecule has 0 aromatic carbocycles. The van der Waals surface area contributed by atoms with Crippen LogP contribution in [0.15, 0.2) is 15.7 Å². The van der Waals surface area contributed by atoms with Crippen molar-refractivity contribution in [3.05, 3.63) is 32.6 Å². The fourth-order valence-corrected chi connectivity index (χ4v) is 1.08. The monoisotopic (exact) mass is 195 g/mol. The Bertz CT molecular complexity index is 441. The molecule has 1 aromatic rings. The van der Waals surface area contributed by atoms with Crippen molar-refractivity contribution in [2.24, 2.45) is 0 Å². The first-order valence-electron chi connectivity index (χ1n) is 4.29. The molecule has 3 N–H and O–H groups in total. The molecule has 14 heavy (non-hydrogen) atoms. The number of hydrogen-bond acceptors (Lipinski definition) is 3. The van der Waals surface area contributed by atoms with Gasteiger partial charge < -0.3 is 10.3 Å². The molecule has 0 bridgehead atoms. The van der Waals surface area contributed by atoms with Crippen molar-refractivity contribution in [1.82, 2.24) is 15.3 Å². The van der Waals surface area contributed by atoms with Crippen LogP contribution >= 0.6 is 0 Å². The number of H-pyrrole nitrogens is 2. The second-order valence-corrected chi connectivity index (χ2v) is 3.25. The topological polar surface area (TPSA) is 94.8 Å². The van der Waals surface area contributed by atoms with Gasteiger partial charge in [-0.2, -0.15) is 0 Å². The summed E-state index contributed by atoms with van der Waals surface area (Å²) in [4.78, 5) is 37.3. The summed E-state index contributed by atoms with van der Waals surface area (Å²) in [6.45, 7) is 0. The number of carbonyl (C=O) groups excluding carboxylic acids is 1. The van der Waals surface area contributed by atoms with E-state index in [2.05, 4.69) is 10.3 Å². The Morgan fingerprint density at radius 2 is 2.07 bits per heavy atom. The van der Waals surface area contributed by atoms with Gasteiger partial charge in [-0.1, -0.05) is 0 Å². The number of nitrogens with one attached hydrogen (secondary N) is 3. The lowest BCUT2D eigenvalue weighted by molar-refractivity contribution is 0.0945. The van der Waals surface area contributed by atoms with E-state index in [1.54, 1.807) is 0 Å². The quantitative estimate of drug-likeness (QED) is 0.562. The lowest BCUT2D eigenvalue weighted by Gasteiger charge is -2.00. The first kappa shape index (κ1) is 8.74. The van der Waals surface area contributed by atoms with E-state index in [1.807, 2.05) is 4.98 Å². The van der Waals surface area contributed by atoms with Gasteiger partial charge in [0.25, 0.3) is 11.5 Å². The fraction of sp³-hybridized carbons (Fsp3) is 0.375. The summed E-state index contributed by atoms with van der Waals surface area (Å²) in [6.07, 6.45) is 1.92. The number of amides is 1. The van der Waals surface area contributed by atoms with Crippen LogP contribution in [0.25, 0.3) is 0 Å². The zero-order chi connectivity index (χ0) is 10.1. The molecule has 0 saturated heterocycles. The van der Waals surface area contributed by atoms with Gasteiger partial charge >= 0.3 is 5.69 Å². The zero-order valence-corrected chi connectivity index (χ0v) is 7.29. The third kappa shape index (κ3) is 1.90. The average molecular weight is 195 g/mol. The van der Waals surface area contributed by atoms with E-state index in [1.165, 1.54) is 0 Å². The highest BCUT2D eigenvalue weighted by atomic mass is 16.2. The molecule has 6 heteroatoms. The van der Waals surface area contributed by atoms with E-state index in [9.17, 15) is 14.4 Å². The molecule has 0 unspecified atom stereocenters. The van der Waals surface area contributed by atoms with Gasteiger partial charge in [0.2, 0.25) is 0 Å². The maximum atomic E-state index is 11.4. The van der Waals surface area contributed by atoms with E-state index >= 15 is 0 Å². The fourth-order valence-electron chi connectivity index (χ4n) is 1.08. The first-order chi connectivity index (χ1) is 6.65. The summed E-state index contributed by atoms with van der Waals surface area (Å²) in [5, 5.41) is 2.66. The van der Waals surface area contributed by atoms with Crippen LogP contribution in [-0.2, 0) is 0 Å². The number of carbonyl (C=O) groups is 1. The maximum Gasteiger partial charge on any atom is 0.326 e. The highest BCUT2D eigenvalue weighted by molar-refractivity contribution is 5.92. The maximum absolute atomic E-state index is 11.4. The summed E-state index contributed by atoms with van der Waals surface area (Å²) < 4.78 is 0. The van der Waals surface area contributed by atoms with E-state index in [0.717, 1.165) is 18.9 Å². The van der Waals surface area contributed by atoms with Crippen molar-refractivity contribution in [2.75, 3.05) is 0 Å². The normalized spacial score (nSPS) is 15.1. The highest BCUT2D eigenvalue weighted by Crippen LogP contribution is 2.18. The van der Waals surface area contributed by atoms with Crippen LogP contribution in [-0.4, -0.2) is 21.9 Å². The molecule has 1 heterocycles. The zero-order valence-electron chi connectivity index (χ0n) is 7.29. The summed E-state index contributed by atoms with van der Waals surface area (Å²) in [5.74, 6) is -0.407. The molecule has 1 amide bonds. The van der Waals surface area contributed by atoms with Crippen molar-refractivity contribution < 1.29 is 4.79 Å². The van der Waals surface area contributed by atoms with Gasteiger partial charge in [0.05, 0.1) is 0 Å². The van der Waals surface area contributed by atoms with Crippen molar-refractivity contribution in [3.63, 3.8) is 0 Å². The third-order valence-electron chi connectivity index (χ3n) is 1.92. The molecular weight excluding hydrogens is 186 g/mol. The average Bonchev–Trinajstić information content (AvgIpc) is 2.86. The Labute approximate surface area is 78.4 Å². The van der Waals surface area contributed by atoms with Crippen LogP contribution in [0.3, 0.4) is 0 Å². The van der Waals surface area contributed by atoms with Crippen molar-refractivity contribution in [1.29, 1.82) is 0 Å². The summed E-state index contributed by atoms with van der Waals surface area (Å²) >= 11 is 0. The molecule has 1 aliphatic rings. The Morgan fingerprint density at radius 3 is 2.64 bits per heavy atom. The number of aromatic amines is 2. The number of hydrogen-bond donors (Lipinski definition) is 3. The van der Waals surface area contributed by atoms with Crippen LogP contribution in [0.4, 0.5) is 0 Å². The SMILES string of the molecule is O=C(NC1CC1)c1cc(=O)[nH]c(=O)[nH]1. The van der Waals surface area contributed by atoms with Gasteiger partial charge in [-0.05, 0) is 12.8 Å². The van der Waals surface area contributed by atoms with Gasteiger partial charge in [-0.15, -0.1) is 0 Å². The molecule has 2 rings (SSSR count). The standard InChI is InChI=1S/C8H9N3O3/c12-6-3-5(10-8(14)11-6)7(13)9-4-1-2-4/h3-4H,1-2H2,(H,9,13)(H2,10,11,12,14). The van der Waals surface area contributed by atoms with Crippen LogP contribution in [0.1, 0.15) is 23.3 Å². The lowest BCUT2D eigenvalue weighted by atomic mass is 10.4. The van der Waals surface area contributed by atoms with E-state index in [4.69, 9.17) is 0 Å². The second kappa shape index (κ2) is 3.13. The molecule has 0 atom stereocenters. The predicted octanol–water partition coefficient (Wildman–Crippen LogP) is -1.04.